The molecule has 2 aromatic carbocycles. The Morgan fingerprint density at radius 1 is 1.04 bits per heavy atom. The van der Waals surface area contributed by atoms with Gasteiger partial charge in [-0.1, -0.05) is 30.3 Å². The Bertz CT molecular complexity index is 788. The maximum absolute atomic E-state index is 12.4. The van der Waals surface area contributed by atoms with Crippen LogP contribution in [0.3, 0.4) is 0 Å². The SMILES string of the molecule is O=CO[C@H](CC(=O)c1cc([N+](=O)[O-])cc([N+](=O)[O-])c1)c1ccccc1. The molecule has 0 aliphatic carbocycles. The van der Waals surface area contributed by atoms with E-state index in [4.69, 9.17) is 4.74 Å². The normalized spacial score (nSPS) is 11.4. The van der Waals surface area contributed by atoms with Crippen LogP contribution in [0.15, 0.2) is 48.5 Å². The van der Waals surface area contributed by atoms with Gasteiger partial charge in [-0.15, -0.1) is 0 Å². The summed E-state index contributed by atoms with van der Waals surface area (Å²) in [5, 5.41) is 21.8. The van der Waals surface area contributed by atoms with Crippen LogP contribution in [0.2, 0.25) is 0 Å². The van der Waals surface area contributed by atoms with Crippen LogP contribution in [-0.4, -0.2) is 22.1 Å². The second kappa shape index (κ2) is 7.77. The average Bonchev–Trinajstić information content (AvgIpc) is 2.61. The Morgan fingerprint density at radius 2 is 1.60 bits per heavy atom. The van der Waals surface area contributed by atoms with Gasteiger partial charge < -0.3 is 4.74 Å². The molecule has 0 N–H and O–H groups in total. The van der Waals surface area contributed by atoms with Gasteiger partial charge in [0.25, 0.3) is 17.8 Å². The van der Waals surface area contributed by atoms with E-state index in [0.29, 0.717) is 5.56 Å². The molecule has 128 valence electrons. The number of non-ortho nitro benzene ring substituents is 2. The highest BCUT2D eigenvalue weighted by Crippen LogP contribution is 2.27. The fraction of sp³-hybridized carbons (Fsp3) is 0.125. The molecule has 2 aromatic rings. The summed E-state index contributed by atoms with van der Waals surface area (Å²) in [4.78, 5) is 43.2. The third-order valence-electron chi connectivity index (χ3n) is 3.41. The fourth-order valence-electron chi connectivity index (χ4n) is 2.23. The van der Waals surface area contributed by atoms with Crippen molar-refractivity contribution in [1.82, 2.24) is 0 Å². The van der Waals surface area contributed by atoms with Crippen molar-refractivity contribution < 1.29 is 24.2 Å². The summed E-state index contributed by atoms with van der Waals surface area (Å²) >= 11 is 0. The summed E-state index contributed by atoms with van der Waals surface area (Å²) in [7, 11) is 0. The molecule has 0 radical (unpaired) electrons. The molecule has 0 aromatic heterocycles. The maximum Gasteiger partial charge on any atom is 0.293 e. The molecule has 0 amide bonds. The Labute approximate surface area is 141 Å². The molecule has 0 aliphatic rings. The van der Waals surface area contributed by atoms with E-state index in [2.05, 4.69) is 0 Å². The highest BCUT2D eigenvalue weighted by atomic mass is 16.6. The second-order valence-corrected chi connectivity index (χ2v) is 5.01. The van der Waals surface area contributed by atoms with Gasteiger partial charge in [-0.05, 0) is 5.56 Å². The summed E-state index contributed by atoms with van der Waals surface area (Å²) in [6.07, 6.45) is -1.20. The van der Waals surface area contributed by atoms with E-state index >= 15 is 0 Å². The lowest BCUT2D eigenvalue weighted by Gasteiger charge is -2.14. The minimum Gasteiger partial charge on any atom is -0.459 e. The van der Waals surface area contributed by atoms with Gasteiger partial charge >= 0.3 is 0 Å². The highest BCUT2D eigenvalue weighted by Gasteiger charge is 2.23. The number of carbonyl (C=O) groups excluding carboxylic acids is 2. The second-order valence-electron chi connectivity index (χ2n) is 5.01. The molecule has 1 atom stereocenters. The number of hydrogen-bond donors (Lipinski definition) is 0. The van der Waals surface area contributed by atoms with E-state index < -0.39 is 33.1 Å². The van der Waals surface area contributed by atoms with Crippen molar-refractivity contribution in [2.45, 2.75) is 12.5 Å². The first-order valence-electron chi connectivity index (χ1n) is 7.03. The van der Waals surface area contributed by atoms with E-state index in [1.54, 1.807) is 30.3 Å². The van der Waals surface area contributed by atoms with Crippen molar-refractivity contribution >= 4 is 23.6 Å². The first kappa shape index (κ1) is 17.7. The van der Waals surface area contributed by atoms with Crippen LogP contribution in [-0.2, 0) is 9.53 Å². The number of rotatable bonds is 8. The molecule has 0 bridgehead atoms. The van der Waals surface area contributed by atoms with E-state index in [1.807, 2.05) is 0 Å². The third-order valence-corrected chi connectivity index (χ3v) is 3.41. The Balaban J connectivity index is 2.34. The zero-order valence-electron chi connectivity index (χ0n) is 12.7. The van der Waals surface area contributed by atoms with Crippen molar-refractivity contribution in [3.8, 4) is 0 Å². The molecule has 0 unspecified atom stereocenters. The molecule has 0 fully saturated rings. The van der Waals surface area contributed by atoms with Crippen molar-refractivity contribution in [3.05, 3.63) is 79.9 Å². The van der Waals surface area contributed by atoms with E-state index in [1.165, 1.54) is 0 Å². The van der Waals surface area contributed by atoms with Gasteiger partial charge in [0.1, 0.15) is 6.10 Å². The van der Waals surface area contributed by atoms with Gasteiger partial charge in [0, 0.05) is 17.7 Å². The largest absolute Gasteiger partial charge is 0.459 e. The lowest BCUT2D eigenvalue weighted by molar-refractivity contribution is -0.394. The zero-order valence-corrected chi connectivity index (χ0v) is 12.7. The molecular formula is C16H12N2O7. The number of ketones is 1. The monoisotopic (exact) mass is 344 g/mol. The number of carbonyl (C=O) groups is 2. The van der Waals surface area contributed by atoms with Crippen molar-refractivity contribution in [3.63, 3.8) is 0 Å². The molecule has 2 rings (SSSR count). The quantitative estimate of drug-likeness (QED) is 0.311. The summed E-state index contributed by atoms with van der Waals surface area (Å²) in [6.45, 7) is 0.195. The van der Waals surface area contributed by atoms with Crippen LogP contribution >= 0.6 is 0 Å². The summed E-state index contributed by atoms with van der Waals surface area (Å²) in [5.74, 6) is -0.623. The first-order chi connectivity index (χ1) is 11.9. The van der Waals surface area contributed by atoms with Crippen molar-refractivity contribution in [2.24, 2.45) is 0 Å². The predicted octanol–water partition coefficient (Wildman–Crippen LogP) is 2.99. The summed E-state index contributed by atoms with van der Waals surface area (Å²) < 4.78 is 4.91. The van der Waals surface area contributed by atoms with Crippen LogP contribution in [0, 0.1) is 20.2 Å². The minimum absolute atomic E-state index is 0.195. The summed E-state index contributed by atoms with van der Waals surface area (Å²) in [5.41, 5.74) is -0.769. The molecule has 25 heavy (non-hydrogen) atoms. The minimum atomic E-state index is -0.899. The van der Waals surface area contributed by atoms with Crippen LogP contribution in [0.1, 0.15) is 28.4 Å². The fourth-order valence-corrected chi connectivity index (χ4v) is 2.23. The summed E-state index contributed by atoms with van der Waals surface area (Å²) in [6, 6.07) is 11.1. The topological polar surface area (TPSA) is 130 Å². The Kier molecular flexibility index (Phi) is 5.51. The smallest absolute Gasteiger partial charge is 0.293 e. The first-order valence-corrected chi connectivity index (χ1v) is 7.03. The van der Waals surface area contributed by atoms with Crippen LogP contribution in [0.4, 0.5) is 11.4 Å². The molecule has 0 saturated carbocycles. The number of benzene rings is 2. The maximum atomic E-state index is 12.4. The predicted molar refractivity (Wildman–Crippen MR) is 85.0 cm³/mol. The molecular weight excluding hydrogens is 332 g/mol. The van der Waals surface area contributed by atoms with E-state index in [-0.39, 0.29) is 18.5 Å². The van der Waals surface area contributed by atoms with Crippen molar-refractivity contribution in [2.75, 3.05) is 0 Å². The molecule has 9 nitrogen and oxygen atoms in total. The van der Waals surface area contributed by atoms with Gasteiger partial charge in [0.05, 0.1) is 22.3 Å². The lowest BCUT2D eigenvalue weighted by Crippen LogP contribution is -2.11. The Morgan fingerprint density at radius 3 is 2.08 bits per heavy atom. The standard InChI is InChI=1S/C16H12N2O7/c19-10-25-16(11-4-2-1-3-5-11)9-15(20)12-6-13(17(21)22)8-14(7-12)18(23)24/h1-8,10,16H,9H2/t16-/m1/s1. The molecule has 0 spiro atoms. The highest BCUT2D eigenvalue weighted by molar-refractivity contribution is 5.97. The number of nitro benzene ring substituents is 2. The van der Waals surface area contributed by atoms with Gasteiger partial charge in [0.15, 0.2) is 5.78 Å². The lowest BCUT2D eigenvalue weighted by atomic mass is 9.99. The number of nitrogens with zero attached hydrogens (tertiary/aromatic N) is 2. The van der Waals surface area contributed by atoms with Gasteiger partial charge in [0.2, 0.25) is 0 Å². The van der Waals surface area contributed by atoms with Gasteiger partial charge in [-0.3, -0.25) is 29.8 Å². The van der Waals surface area contributed by atoms with E-state index in [0.717, 1.165) is 18.2 Å². The molecule has 0 heterocycles. The van der Waals surface area contributed by atoms with Gasteiger partial charge in [-0.2, -0.15) is 0 Å². The Hall–Kier alpha value is -3.62. The average molecular weight is 344 g/mol. The van der Waals surface area contributed by atoms with Crippen LogP contribution in [0.25, 0.3) is 0 Å². The van der Waals surface area contributed by atoms with Crippen LogP contribution in [0.5, 0.6) is 0 Å². The molecule has 0 saturated heterocycles. The molecule has 0 aliphatic heterocycles. The van der Waals surface area contributed by atoms with E-state index in [9.17, 15) is 29.8 Å². The number of ether oxygens (including phenoxy) is 1. The number of hydrogen-bond acceptors (Lipinski definition) is 7. The number of Topliss-reactive ketones (excluding diaryl/α,β-unsaturated/α-hetero) is 1. The van der Waals surface area contributed by atoms with Crippen LogP contribution < -0.4 is 0 Å². The third kappa shape index (κ3) is 4.44. The number of nitro groups is 2. The zero-order chi connectivity index (χ0) is 18.4. The van der Waals surface area contributed by atoms with Crippen molar-refractivity contribution in [1.29, 1.82) is 0 Å². The molecule has 9 heteroatoms. The van der Waals surface area contributed by atoms with Gasteiger partial charge in [-0.25, -0.2) is 0 Å².